The average Bonchev–Trinajstić information content (AvgIpc) is 2.46. The Hall–Kier alpha value is -2.56. The Balaban J connectivity index is 2.60. The first-order valence-electron chi connectivity index (χ1n) is 6.62. The second-order valence-electron chi connectivity index (χ2n) is 4.50. The van der Waals surface area contributed by atoms with Crippen LogP contribution in [0.15, 0.2) is 35.1 Å². The number of aromatic amines is 1. The van der Waals surface area contributed by atoms with Gasteiger partial charge in [0.05, 0.1) is 19.3 Å². The van der Waals surface area contributed by atoms with E-state index in [-0.39, 0.29) is 12.2 Å². The maximum atomic E-state index is 12.1. The van der Waals surface area contributed by atoms with Gasteiger partial charge in [0.2, 0.25) is 5.56 Å². The van der Waals surface area contributed by atoms with Crippen LogP contribution in [0.5, 0.6) is 5.75 Å². The van der Waals surface area contributed by atoms with E-state index in [0.29, 0.717) is 22.6 Å². The van der Waals surface area contributed by atoms with E-state index < -0.39 is 5.97 Å². The van der Waals surface area contributed by atoms with Gasteiger partial charge in [0.1, 0.15) is 5.75 Å². The maximum Gasteiger partial charge on any atom is 0.340 e. The standard InChI is InChI=1S/C16H17NO4/c1-4-21-16(19)15-10(2)17-14(18)9-13(15)11-5-7-12(20-3)8-6-11/h5-9H,4H2,1-3H3,(H,17,18). The van der Waals surface area contributed by atoms with Crippen LogP contribution < -0.4 is 10.3 Å². The van der Waals surface area contributed by atoms with Gasteiger partial charge in [-0.15, -0.1) is 0 Å². The number of rotatable bonds is 4. The molecule has 2 rings (SSSR count). The Morgan fingerprint density at radius 2 is 1.90 bits per heavy atom. The Morgan fingerprint density at radius 3 is 2.48 bits per heavy atom. The van der Waals surface area contributed by atoms with Crippen molar-refractivity contribution in [3.63, 3.8) is 0 Å². The molecule has 0 aliphatic rings. The highest BCUT2D eigenvalue weighted by atomic mass is 16.5. The summed E-state index contributed by atoms with van der Waals surface area (Å²) in [5.41, 5.74) is 1.92. The van der Waals surface area contributed by atoms with Gasteiger partial charge in [0.25, 0.3) is 0 Å². The number of carbonyl (C=O) groups is 1. The first-order chi connectivity index (χ1) is 10.1. The number of carbonyl (C=O) groups excluding carboxylic acids is 1. The van der Waals surface area contributed by atoms with Crippen LogP contribution in [0.4, 0.5) is 0 Å². The van der Waals surface area contributed by atoms with Crippen LogP contribution in [0.3, 0.4) is 0 Å². The molecule has 0 atom stereocenters. The normalized spacial score (nSPS) is 10.2. The zero-order chi connectivity index (χ0) is 15.4. The van der Waals surface area contributed by atoms with Gasteiger partial charge in [-0.2, -0.15) is 0 Å². The number of ether oxygens (including phenoxy) is 2. The Labute approximate surface area is 122 Å². The van der Waals surface area contributed by atoms with Crippen LogP contribution in [-0.2, 0) is 4.74 Å². The Bertz CT molecular complexity index is 701. The van der Waals surface area contributed by atoms with Crippen LogP contribution >= 0.6 is 0 Å². The number of pyridine rings is 1. The minimum absolute atomic E-state index is 0.258. The number of aromatic nitrogens is 1. The summed E-state index contributed by atoms with van der Waals surface area (Å²) >= 11 is 0. The fourth-order valence-electron chi connectivity index (χ4n) is 2.15. The van der Waals surface area contributed by atoms with Gasteiger partial charge >= 0.3 is 5.97 Å². The maximum absolute atomic E-state index is 12.1. The monoisotopic (exact) mass is 287 g/mol. The molecule has 5 nitrogen and oxygen atoms in total. The van der Waals surface area contributed by atoms with Crippen LogP contribution in [-0.4, -0.2) is 24.7 Å². The molecule has 0 saturated carbocycles. The number of esters is 1. The number of methoxy groups -OCH3 is 1. The van der Waals surface area contributed by atoms with E-state index in [2.05, 4.69) is 4.98 Å². The molecule has 21 heavy (non-hydrogen) atoms. The largest absolute Gasteiger partial charge is 0.497 e. The van der Waals surface area contributed by atoms with Crippen LogP contribution in [0.2, 0.25) is 0 Å². The van der Waals surface area contributed by atoms with Crippen LogP contribution in [0.25, 0.3) is 11.1 Å². The van der Waals surface area contributed by atoms with Crippen molar-refractivity contribution in [2.24, 2.45) is 0 Å². The van der Waals surface area contributed by atoms with E-state index in [0.717, 1.165) is 5.56 Å². The quantitative estimate of drug-likeness (QED) is 0.877. The molecule has 1 N–H and O–H groups in total. The fourth-order valence-corrected chi connectivity index (χ4v) is 2.15. The third kappa shape index (κ3) is 3.13. The van der Waals surface area contributed by atoms with Gasteiger partial charge < -0.3 is 14.5 Å². The molecule has 0 amide bonds. The molecule has 0 saturated heterocycles. The number of hydrogen-bond acceptors (Lipinski definition) is 4. The van der Waals surface area contributed by atoms with Crippen molar-refractivity contribution in [2.45, 2.75) is 13.8 Å². The van der Waals surface area contributed by atoms with Crippen LogP contribution in [0, 0.1) is 6.92 Å². The second kappa shape index (κ2) is 6.26. The molecule has 2 aromatic rings. The molecule has 1 heterocycles. The fraction of sp³-hybridized carbons (Fsp3) is 0.250. The lowest BCUT2D eigenvalue weighted by Gasteiger charge is -2.11. The second-order valence-corrected chi connectivity index (χ2v) is 4.50. The highest BCUT2D eigenvalue weighted by molar-refractivity contribution is 5.98. The molecular weight excluding hydrogens is 270 g/mol. The highest BCUT2D eigenvalue weighted by Gasteiger charge is 2.18. The third-order valence-electron chi connectivity index (χ3n) is 3.11. The molecule has 0 fully saturated rings. The minimum Gasteiger partial charge on any atom is -0.497 e. The molecule has 0 aliphatic heterocycles. The average molecular weight is 287 g/mol. The predicted octanol–water partition coefficient (Wildman–Crippen LogP) is 2.54. The molecule has 1 aromatic carbocycles. The van der Waals surface area contributed by atoms with Crippen molar-refractivity contribution in [2.75, 3.05) is 13.7 Å². The van der Waals surface area contributed by atoms with Gasteiger partial charge in [-0.3, -0.25) is 4.79 Å². The van der Waals surface area contributed by atoms with Gasteiger partial charge in [0, 0.05) is 17.3 Å². The zero-order valence-corrected chi connectivity index (χ0v) is 12.2. The lowest BCUT2D eigenvalue weighted by atomic mass is 9.99. The number of nitrogens with one attached hydrogen (secondary N) is 1. The summed E-state index contributed by atoms with van der Waals surface area (Å²) in [5.74, 6) is 0.259. The van der Waals surface area contributed by atoms with Crippen molar-refractivity contribution in [1.29, 1.82) is 0 Å². The van der Waals surface area contributed by atoms with E-state index in [1.807, 2.05) is 0 Å². The van der Waals surface area contributed by atoms with Crippen molar-refractivity contribution < 1.29 is 14.3 Å². The molecule has 0 bridgehead atoms. The molecule has 1 aromatic heterocycles. The molecule has 0 radical (unpaired) electrons. The smallest absolute Gasteiger partial charge is 0.340 e. The van der Waals surface area contributed by atoms with Crippen molar-refractivity contribution in [1.82, 2.24) is 4.98 Å². The summed E-state index contributed by atoms with van der Waals surface area (Å²) in [6.07, 6.45) is 0. The predicted molar refractivity (Wildman–Crippen MR) is 79.7 cm³/mol. The first kappa shape index (κ1) is 14.8. The summed E-state index contributed by atoms with van der Waals surface area (Å²) in [4.78, 5) is 26.5. The van der Waals surface area contributed by atoms with E-state index in [1.165, 1.54) is 6.07 Å². The summed E-state index contributed by atoms with van der Waals surface area (Å²) in [6.45, 7) is 3.70. The topological polar surface area (TPSA) is 68.4 Å². The SMILES string of the molecule is CCOC(=O)c1c(-c2ccc(OC)cc2)cc(=O)[nH]c1C. The Kier molecular flexibility index (Phi) is 4.42. The van der Waals surface area contributed by atoms with Crippen molar-refractivity contribution >= 4 is 5.97 Å². The summed E-state index contributed by atoms with van der Waals surface area (Å²) in [5, 5.41) is 0. The minimum atomic E-state index is -0.447. The van der Waals surface area contributed by atoms with Gasteiger partial charge in [-0.25, -0.2) is 4.79 Å². The molecular formula is C16H17NO4. The van der Waals surface area contributed by atoms with Gasteiger partial charge in [-0.05, 0) is 31.5 Å². The van der Waals surface area contributed by atoms with Crippen molar-refractivity contribution in [3.05, 3.63) is 51.9 Å². The molecule has 110 valence electrons. The van der Waals surface area contributed by atoms with Crippen molar-refractivity contribution in [3.8, 4) is 16.9 Å². The number of hydrogen-bond donors (Lipinski definition) is 1. The third-order valence-corrected chi connectivity index (χ3v) is 3.11. The first-order valence-corrected chi connectivity index (χ1v) is 6.62. The van der Waals surface area contributed by atoms with Gasteiger partial charge in [-0.1, -0.05) is 12.1 Å². The Morgan fingerprint density at radius 1 is 1.24 bits per heavy atom. The molecule has 0 spiro atoms. The molecule has 5 heteroatoms. The number of H-pyrrole nitrogens is 1. The highest BCUT2D eigenvalue weighted by Crippen LogP contribution is 2.26. The summed E-state index contributed by atoms with van der Waals surface area (Å²) in [7, 11) is 1.58. The number of aryl methyl sites for hydroxylation is 1. The number of benzene rings is 1. The lowest BCUT2D eigenvalue weighted by Crippen LogP contribution is -2.16. The van der Waals surface area contributed by atoms with Gasteiger partial charge in [0.15, 0.2) is 0 Å². The molecule has 0 unspecified atom stereocenters. The van der Waals surface area contributed by atoms with E-state index in [4.69, 9.17) is 9.47 Å². The van der Waals surface area contributed by atoms with E-state index >= 15 is 0 Å². The lowest BCUT2D eigenvalue weighted by molar-refractivity contribution is 0.0526. The summed E-state index contributed by atoms with van der Waals surface area (Å²) in [6, 6.07) is 8.56. The van der Waals surface area contributed by atoms with E-state index in [1.54, 1.807) is 45.2 Å². The zero-order valence-electron chi connectivity index (χ0n) is 12.2. The van der Waals surface area contributed by atoms with E-state index in [9.17, 15) is 9.59 Å². The van der Waals surface area contributed by atoms with Crippen LogP contribution in [0.1, 0.15) is 23.0 Å². The molecule has 0 aliphatic carbocycles. The summed E-state index contributed by atoms with van der Waals surface area (Å²) < 4.78 is 10.2.